The number of carboxylic acid groups (broad SMARTS) is 1. The number of carbonyl (C=O) groups is 2. The molecule has 0 aromatic heterocycles. The minimum Gasteiger partial charge on any atom is -0.478 e. The van der Waals surface area contributed by atoms with E-state index < -0.39 is 29.4 Å². The van der Waals surface area contributed by atoms with Crippen molar-refractivity contribution in [3.05, 3.63) is 58.6 Å². The van der Waals surface area contributed by atoms with E-state index in [1.54, 1.807) is 0 Å². The topological polar surface area (TPSA) is 78.4 Å². The molecule has 0 bridgehead atoms. The summed E-state index contributed by atoms with van der Waals surface area (Å²) in [4.78, 5) is 23.0. The monoisotopic (exact) mass is 358 g/mol. The number of urea groups is 1. The fourth-order valence-corrected chi connectivity index (χ4v) is 2.09. The number of nitrogens with one attached hydrogen (secondary N) is 2. The van der Waals surface area contributed by atoms with Crippen LogP contribution in [0.2, 0.25) is 5.02 Å². The van der Waals surface area contributed by atoms with E-state index in [0.29, 0.717) is 0 Å². The van der Waals surface area contributed by atoms with E-state index in [4.69, 9.17) is 16.7 Å². The van der Waals surface area contributed by atoms with Gasteiger partial charge in [0.1, 0.15) is 0 Å². The molecular formula is C15H10ClF3N2O3. The quantitative estimate of drug-likeness (QED) is 0.744. The number of benzene rings is 2. The molecule has 0 heterocycles. The molecule has 0 aliphatic carbocycles. The first-order chi connectivity index (χ1) is 11.2. The molecule has 0 saturated carbocycles. The number of carbonyl (C=O) groups excluding carboxylic acids is 1. The maximum absolute atomic E-state index is 12.9. The van der Waals surface area contributed by atoms with Crippen molar-refractivity contribution in [2.75, 3.05) is 10.6 Å². The van der Waals surface area contributed by atoms with Gasteiger partial charge in [-0.2, -0.15) is 13.2 Å². The largest absolute Gasteiger partial charge is 0.478 e. The Morgan fingerprint density at radius 2 is 1.62 bits per heavy atom. The van der Waals surface area contributed by atoms with Crippen LogP contribution in [-0.4, -0.2) is 17.1 Å². The lowest BCUT2D eigenvalue weighted by molar-refractivity contribution is -0.136. The van der Waals surface area contributed by atoms with Crippen molar-refractivity contribution >= 4 is 35.0 Å². The van der Waals surface area contributed by atoms with Gasteiger partial charge in [-0.05, 0) is 30.3 Å². The molecule has 24 heavy (non-hydrogen) atoms. The minimum atomic E-state index is -4.65. The molecule has 2 aromatic carbocycles. The number of para-hydroxylation sites is 1. The minimum absolute atomic E-state index is 0.142. The van der Waals surface area contributed by atoms with Crippen molar-refractivity contribution in [3.8, 4) is 0 Å². The molecule has 0 fully saturated rings. The molecule has 2 amide bonds. The lowest BCUT2D eigenvalue weighted by atomic mass is 10.1. The molecule has 0 unspecified atom stereocenters. The van der Waals surface area contributed by atoms with Gasteiger partial charge >= 0.3 is 18.2 Å². The van der Waals surface area contributed by atoms with Crippen molar-refractivity contribution in [1.82, 2.24) is 0 Å². The highest BCUT2D eigenvalue weighted by Gasteiger charge is 2.33. The van der Waals surface area contributed by atoms with Gasteiger partial charge in [0.15, 0.2) is 0 Å². The summed E-state index contributed by atoms with van der Waals surface area (Å²) in [5.74, 6) is -1.32. The highest BCUT2D eigenvalue weighted by Crippen LogP contribution is 2.34. The predicted molar refractivity (Wildman–Crippen MR) is 82.5 cm³/mol. The fraction of sp³-hybridized carbons (Fsp3) is 0.0667. The van der Waals surface area contributed by atoms with Gasteiger partial charge in [-0.25, -0.2) is 9.59 Å². The van der Waals surface area contributed by atoms with Gasteiger partial charge in [-0.3, -0.25) is 0 Å². The summed E-state index contributed by atoms with van der Waals surface area (Å²) in [6.07, 6.45) is -4.65. The van der Waals surface area contributed by atoms with Crippen LogP contribution in [0.25, 0.3) is 0 Å². The van der Waals surface area contributed by atoms with Crippen molar-refractivity contribution in [3.63, 3.8) is 0 Å². The summed E-state index contributed by atoms with van der Waals surface area (Å²) >= 11 is 5.74. The van der Waals surface area contributed by atoms with E-state index in [2.05, 4.69) is 5.32 Å². The van der Waals surface area contributed by atoms with E-state index >= 15 is 0 Å². The van der Waals surface area contributed by atoms with Crippen LogP contribution in [0.1, 0.15) is 15.9 Å². The number of halogens is 4. The number of hydrogen-bond acceptors (Lipinski definition) is 2. The molecule has 0 spiro atoms. The summed E-state index contributed by atoms with van der Waals surface area (Å²) in [6, 6.07) is 7.04. The number of alkyl halides is 3. The lowest BCUT2D eigenvalue weighted by Crippen LogP contribution is -2.23. The third kappa shape index (κ3) is 4.17. The molecule has 2 aromatic rings. The summed E-state index contributed by atoms with van der Waals surface area (Å²) in [5, 5.41) is 13.4. The maximum Gasteiger partial charge on any atom is 0.418 e. The van der Waals surface area contributed by atoms with E-state index in [9.17, 15) is 22.8 Å². The number of anilines is 2. The van der Waals surface area contributed by atoms with E-state index in [0.717, 1.165) is 12.1 Å². The van der Waals surface area contributed by atoms with Gasteiger partial charge in [-0.1, -0.05) is 23.7 Å². The molecule has 3 N–H and O–H groups in total. The number of rotatable bonds is 3. The van der Waals surface area contributed by atoms with Crippen LogP contribution >= 0.6 is 11.6 Å². The molecule has 0 radical (unpaired) electrons. The number of amides is 2. The van der Waals surface area contributed by atoms with Crippen molar-refractivity contribution in [2.24, 2.45) is 0 Å². The molecule has 126 valence electrons. The smallest absolute Gasteiger partial charge is 0.418 e. The third-order valence-electron chi connectivity index (χ3n) is 2.94. The number of hydrogen-bond donors (Lipinski definition) is 3. The second-order valence-electron chi connectivity index (χ2n) is 4.62. The SMILES string of the molecule is O=C(Nc1cc(Cl)ccc1C(=O)O)Nc1ccccc1C(F)(F)F. The standard InChI is InChI=1S/C15H10ClF3N2O3/c16-8-5-6-9(13(22)23)12(7-8)21-14(24)20-11-4-2-1-3-10(11)15(17,18)19/h1-7H,(H,22,23)(H2,20,21,24). The van der Waals surface area contributed by atoms with Gasteiger partial charge in [-0.15, -0.1) is 0 Å². The van der Waals surface area contributed by atoms with Crippen LogP contribution < -0.4 is 10.6 Å². The van der Waals surface area contributed by atoms with Crippen LogP contribution in [0.3, 0.4) is 0 Å². The third-order valence-corrected chi connectivity index (χ3v) is 3.18. The Labute approximate surface area is 139 Å². The summed E-state index contributed by atoms with van der Waals surface area (Å²) < 4.78 is 38.6. The van der Waals surface area contributed by atoms with Crippen molar-refractivity contribution in [2.45, 2.75) is 6.18 Å². The Kier molecular flexibility index (Phi) is 4.99. The zero-order chi connectivity index (χ0) is 17.9. The Morgan fingerprint density at radius 3 is 2.25 bits per heavy atom. The first-order valence-corrected chi connectivity index (χ1v) is 6.83. The summed E-state index contributed by atoms with van der Waals surface area (Å²) in [6.45, 7) is 0. The highest BCUT2D eigenvalue weighted by molar-refractivity contribution is 6.31. The van der Waals surface area contributed by atoms with E-state index in [1.165, 1.54) is 30.3 Å². The second-order valence-corrected chi connectivity index (χ2v) is 5.05. The molecular weight excluding hydrogens is 349 g/mol. The normalized spacial score (nSPS) is 11.0. The van der Waals surface area contributed by atoms with Gasteiger partial charge in [0.2, 0.25) is 0 Å². The van der Waals surface area contributed by atoms with Crippen LogP contribution in [0.15, 0.2) is 42.5 Å². The van der Waals surface area contributed by atoms with Gasteiger partial charge in [0.05, 0.1) is 22.5 Å². The predicted octanol–water partition coefficient (Wildman–Crippen LogP) is 4.70. The van der Waals surface area contributed by atoms with Crippen LogP contribution in [-0.2, 0) is 6.18 Å². The fourth-order valence-electron chi connectivity index (χ4n) is 1.92. The Balaban J connectivity index is 2.24. The first kappa shape index (κ1) is 17.6. The lowest BCUT2D eigenvalue weighted by Gasteiger charge is -2.14. The summed E-state index contributed by atoms with van der Waals surface area (Å²) in [5.41, 5.74) is -1.87. The van der Waals surface area contributed by atoms with Crippen LogP contribution in [0.4, 0.5) is 29.3 Å². The Morgan fingerprint density at radius 1 is 1.00 bits per heavy atom. The van der Waals surface area contributed by atoms with Crippen molar-refractivity contribution in [1.29, 1.82) is 0 Å². The first-order valence-electron chi connectivity index (χ1n) is 6.45. The maximum atomic E-state index is 12.9. The highest BCUT2D eigenvalue weighted by atomic mass is 35.5. The molecule has 0 aliphatic heterocycles. The molecule has 2 rings (SSSR count). The van der Waals surface area contributed by atoms with Gasteiger partial charge < -0.3 is 15.7 Å². The molecule has 0 aliphatic rings. The molecule has 0 atom stereocenters. The second kappa shape index (κ2) is 6.79. The van der Waals surface area contributed by atoms with Crippen LogP contribution in [0, 0.1) is 0 Å². The zero-order valence-electron chi connectivity index (χ0n) is 11.8. The van der Waals surface area contributed by atoms with Gasteiger partial charge in [0.25, 0.3) is 0 Å². The van der Waals surface area contributed by atoms with Crippen LogP contribution in [0.5, 0.6) is 0 Å². The average molecular weight is 359 g/mol. The van der Waals surface area contributed by atoms with E-state index in [1.807, 2.05) is 5.32 Å². The van der Waals surface area contributed by atoms with Gasteiger partial charge in [0, 0.05) is 5.02 Å². The summed E-state index contributed by atoms with van der Waals surface area (Å²) in [7, 11) is 0. The Hall–Kier alpha value is -2.74. The molecule has 5 nitrogen and oxygen atoms in total. The van der Waals surface area contributed by atoms with E-state index in [-0.39, 0.29) is 16.3 Å². The Bertz CT molecular complexity index is 794. The van der Waals surface area contributed by atoms with Crippen molar-refractivity contribution < 1.29 is 27.9 Å². The number of carboxylic acids is 1. The molecule has 9 heteroatoms. The molecule has 0 saturated heterocycles. The zero-order valence-corrected chi connectivity index (χ0v) is 12.6. The average Bonchev–Trinajstić information content (AvgIpc) is 2.46. The number of aromatic carboxylic acids is 1.